The van der Waals surface area contributed by atoms with Crippen molar-refractivity contribution >= 4 is 23.5 Å². The second kappa shape index (κ2) is 10.1. The van der Waals surface area contributed by atoms with Gasteiger partial charge in [-0.15, -0.1) is 0 Å². The molecule has 2 heterocycles. The number of carboxylic acids is 1. The van der Waals surface area contributed by atoms with Crippen molar-refractivity contribution in [2.75, 3.05) is 19.6 Å². The minimum atomic E-state index is -0.700. The Morgan fingerprint density at radius 2 is 1.97 bits per heavy atom. The van der Waals surface area contributed by atoms with Crippen LogP contribution in [-0.2, 0) is 4.79 Å². The van der Waals surface area contributed by atoms with Gasteiger partial charge in [0.15, 0.2) is 11.5 Å². The van der Waals surface area contributed by atoms with Crippen molar-refractivity contribution in [2.24, 2.45) is 11.8 Å². The Morgan fingerprint density at radius 1 is 1.24 bits per heavy atom. The molecular formula is C24H30ClN3O5. The standard InChI is InChI=1S/C24H30ClN3O5/c1-14(2)32-21-8-5-16(9-19(21)25)22-10-20(27-33-22)23(29)26-18-6-3-15(4-7-18)11-28-12-17(13-28)24(30)31/h5,8-10,14-15,17-18H,3-4,6-7,11-13H2,1-2H3,(H,26,29)(H,30,31)/t15-,18+. The highest BCUT2D eigenvalue weighted by Crippen LogP contribution is 2.32. The van der Waals surface area contributed by atoms with Crippen LogP contribution >= 0.6 is 11.6 Å². The molecule has 4 rings (SSSR count). The van der Waals surface area contributed by atoms with Gasteiger partial charge in [-0.1, -0.05) is 16.8 Å². The van der Waals surface area contributed by atoms with Gasteiger partial charge < -0.3 is 24.6 Å². The molecular weight excluding hydrogens is 446 g/mol. The van der Waals surface area contributed by atoms with Crippen molar-refractivity contribution in [1.29, 1.82) is 0 Å². The van der Waals surface area contributed by atoms with E-state index in [0.717, 1.165) is 37.8 Å². The zero-order chi connectivity index (χ0) is 23.5. The lowest BCUT2D eigenvalue weighted by molar-refractivity contribution is -0.147. The predicted octanol–water partition coefficient (Wildman–Crippen LogP) is 4.09. The van der Waals surface area contributed by atoms with E-state index in [0.29, 0.717) is 35.5 Å². The predicted molar refractivity (Wildman–Crippen MR) is 123 cm³/mol. The van der Waals surface area contributed by atoms with Gasteiger partial charge in [0.25, 0.3) is 5.91 Å². The van der Waals surface area contributed by atoms with Crippen LogP contribution in [0.25, 0.3) is 11.3 Å². The number of likely N-dealkylation sites (tertiary alicyclic amines) is 1. The van der Waals surface area contributed by atoms with Crippen LogP contribution in [0, 0.1) is 11.8 Å². The maximum atomic E-state index is 12.7. The van der Waals surface area contributed by atoms with Crippen molar-refractivity contribution in [3.8, 4) is 17.1 Å². The minimum Gasteiger partial charge on any atom is -0.489 e. The second-order valence-electron chi connectivity index (χ2n) is 9.33. The summed E-state index contributed by atoms with van der Waals surface area (Å²) in [5.41, 5.74) is 0.963. The fraction of sp³-hybridized carbons (Fsp3) is 0.542. The molecule has 0 spiro atoms. The maximum Gasteiger partial charge on any atom is 0.309 e. The van der Waals surface area contributed by atoms with Crippen LogP contribution in [0.4, 0.5) is 0 Å². The first-order chi connectivity index (χ1) is 15.8. The number of hydrogen-bond donors (Lipinski definition) is 2. The maximum absolute atomic E-state index is 12.7. The average molecular weight is 476 g/mol. The first-order valence-electron chi connectivity index (χ1n) is 11.5. The molecule has 0 radical (unpaired) electrons. The van der Waals surface area contributed by atoms with Crippen molar-refractivity contribution in [2.45, 2.75) is 51.7 Å². The normalized spacial score (nSPS) is 21.6. The zero-order valence-corrected chi connectivity index (χ0v) is 19.7. The van der Waals surface area contributed by atoms with Gasteiger partial charge >= 0.3 is 5.97 Å². The minimum absolute atomic E-state index is 0.0176. The van der Waals surface area contributed by atoms with Gasteiger partial charge in [0.2, 0.25) is 0 Å². The molecule has 9 heteroatoms. The Bertz CT molecular complexity index is 994. The molecule has 0 unspecified atom stereocenters. The van der Waals surface area contributed by atoms with Gasteiger partial charge in [-0.05, 0) is 63.6 Å². The topological polar surface area (TPSA) is 105 Å². The highest BCUT2D eigenvalue weighted by atomic mass is 35.5. The summed E-state index contributed by atoms with van der Waals surface area (Å²) in [4.78, 5) is 25.8. The number of amides is 1. The SMILES string of the molecule is CC(C)Oc1ccc(-c2cc(C(=O)N[C@H]3CC[C@@H](CN4CC(C(=O)O)C4)CC3)no2)cc1Cl. The van der Waals surface area contributed by atoms with Crippen LogP contribution in [0.5, 0.6) is 5.75 Å². The molecule has 1 amide bonds. The summed E-state index contributed by atoms with van der Waals surface area (Å²) in [5, 5.41) is 16.5. The molecule has 8 nitrogen and oxygen atoms in total. The Kier molecular flexibility index (Phi) is 7.24. The number of nitrogens with one attached hydrogen (secondary N) is 1. The monoisotopic (exact) mass is 475 g/mol. The van der Waals surface area contributed by atoms with E-state index in [-0.39, 0.29) is 29.7 Å². The van der Waals surface area contributed by atoms with Crippen molar-refractivity contribution in [3.63, 3.8) is 0 Å². The summed E-state index contributed by atoms with van der Waals surface area (Å²) in [5.74, 6) is 0.463. The number of halogens is 1. The summed E-state index contributed by atoms with van der Waals surface area (Å²) < 4.78 is 11.0. The number of aromatic nitrogens is 1. The van der Waals surface area contributed by atoms with E-state index in [1.165, 1.54) is 0 Å². The molecule has 1 aliphatic carbocycles. The number of carboxylic acid groups (broad SMARTS) is 1. The third-order valence-electron chi connectivity index (χ3n) is 6.33. The molecule has 2 aromatic rings. The largest absolute Gasteiger partial charge is 0.489 e. The molecule has 1 saturated carbocycles. The Balaban J connectivity index is 1.26. The average Bonchev–Trinajstić information content (AvgIpc) is 3.23. The third-order valence-corrected chi connectivity index (χ3v) is 6.62. The van der Waals surface area contributed by atoms with Gasteiger partial charge in [-0.2, -0.15) is 0 Å². The summed E-state index contributed by atoms with van der Waals surface area (Å²) in [6.45, 7) is 6.11. The fourth-order valence-corrected chi connectivity index (χ4v) is 4.74. The summed E-state index contributed by atoms with van der Waals surface area (Å²) in [6.07, 6.45) is 3.87. The molecule has 2 aliphatic rings. The number of aliphatic carboxylic acids is 1. The molecule has 1 aliphatic heterocycles. The van der Waals surface area contributed by atoms with Crippen molar-refractivity contribution in [1.82, 2.24) is 15.4 Å². The van der Waals surface area contributed by atoms with Crippen LogP contribution in [0.15, 0.2) is 28.8 Å². The molecule has 2 N–H and O–H groups in total. The first-order valence-corrected chi connectivity index (χ1v) is 11.9. The van der Waals surface area contributed by atoms with Gasteiger partial charge in [-0.25, -0.2) is 0 Å². The molecule has 1 saturated heterocycles. The smallest absolute Gasteiger partial charge is 0.309 e. The van der Waals surface area contributed by atoms with E-state index in [2.05, 4.69) is 15.4 Å². The lowest BCUT2D eigenvalue weighted by Gasteiger charge is -2.40. The van der Waals surface area contributed by atoms with Crippen LogP contribution in [0.2, 0.25) is 5.02 Å². The number of carbonyl (C=O) groups excluding carboxylic acids is 1. The number of nitrogens with zero attached hydrogens (tertiary/aromatic N) is 2. The fourth-order valence-electron chi connectivity index (χ4n) is 4.51. The van der Waals surface area contributed by atoms with Crippen molar-refractivity contribution < 1.29 is 24.0 Å². The zero-order valence-electron chi connectivity index (χ0n) is 18.9. The number of hydrogen-bond acceptors (Lipinski definition) is 6. The Morgan fingerprint density at radius 3 is 2.61 bits per heavy atom. The quantitative estimate of drug-likeness (QED) is 0.592. The van der Waals surface area contributed by atoms with Gasteiger partial charge in [0.05, 0.1) is 17.0 Å². The van der Waals surface area contributed by atoms with E-state index >= 15 is 0 Å². The van der Waals surface area contributed by atoms with E-state index in [9.17, 15) is 9.59 Å². The summed E-state index contributed by atoms with van der Waals surface area (Å²) >= 11 is 6.30. The molecule has 0 atom stereocenters. The summed E-state index contributed by atoms with van der Waals surface area (Å²) in [7, 11) is 0. The molecule has 33 heavy (non-hydrogen) atoms. The molecule has 178 valence electrons. The van der Waals surface area contributed by atoms with Crippen LogP contribution in [0.3, 0.4) is 0 Å². The number of rotatable bonds is 8. The lowest BCUT2D eigenvalue weighted by Crippen LogP contribution is -2.52. The van der Waals surface area contributed by atoms with E-state index < -0.39 is 5.97 Å². The number of benzene rings is 1. The van der Waals surface area contributed by atoms with Gasteiger partial charge in [-0.3, -0.25) is 9.59 Å². The Labute approximate surface area is 198 Å². The number of carbonyl (C=O) groups is 2. The molecule has 0 bridgehead atoms. The molecule has 1 aromatic heterocycles. The summed E-state index contributed by atoms with van der Waals surface area (Å²) in [6, 6.07) is 7.07. The van der Waals surface area contributed by atoms with Crippen molar-refractivity contribution in [3.05, 3.63) is 35.0 Å². The second-order valence-corrected chi connectivity index (χ2v) is 9.74. The van der Waals surface area contributed by atoms with Gasteiger partial charge in [0.1, 0.15) is 5.75 Å². The number of ether oxygens (including phenoxy) is 1. The lowest BCUT2D eigenvalue weighted by atomic mass is 9.84. The van der Waals surface area contributed by atoms with Gasteiger partial charge in [0, 0.05) is 37.3 Å². The van der Waals surface area contributed by atoms with Crippen LogP contribution < -0.4 is 10.1 Å². The molecule has 1 aromatic carbocycles. The first kappa shape index (κ1) is 23.6. The van der Waals surface area contributed by atoms with E-state index in [1.807, 2.05) is 19.9 Å². The van der Waals surface area contributed by atoms with E-state index in [1.54, 1.807) is 18.2 Å². The Hall–Kier alpha value is -2.58. The molecule has 2 fully saturated rings. The van der Waals surface area contributed by atoms with E-state index in [4.69, 9.17) is 26.0 Å². The highest BCUT2D eigenvalue weighted by Gasteiger charge is 2.34. The van der Waals surface area contributed by atoms with Crippen LogP contribution in [0.1, 0.15) is 50.0 Å². The third kappa shape index (κ3) is 5.86. The highest BCUT2D eigenvalue weighted by molar-refractivity contribution is 6.32. The van der Waals surface area contributed by atoms with Crippen LogP contribution in [-0.4, -0.2) is 58.8 Å².